The summed E-state index contributed by atoms with van der Waals surface area (Å²) >= 11 is 0. The van der Waals surface area contributed by atoms with Crippen LogP contribution in [0.1, 0.15) is 15.9 Å². The topological polar surface area (TPSA) is 85.7 Å². The molecule has 1 aliphatic rings. The number of nitrogens with zero attached hydrogens (tertiary/aromatic N) is 3. The van der Waals surface area contributed by atoms with Gasteiger partial charge >= 0.3 is 0 Å². The van der Waals surface area contributed by atoms with Gasteiger partial charge in [0.2, 0.25) is 0 Å². The second kappa shape index (κ2) is 8.98. The van der Waals surface area contributed by atoms with E-state index in [4.69, 9.17) is 9.47 Å². The number of amides is 2. The summed E-state index contributed by atoms with van der Waals surface area (Å²) in [5.41, 5.74) is 7.61. The van der Waals surface area contributed by atoms with Gasteiger partial charge in [0.25, 0.3) is 11.8 Å². The molecule has 4 aromatic rings. The number of hydrogen-bond donors (Lipinski definition) is 1. The molecule has 0 spiro atoms. The lowest BCUT2D eigenvalue weighted by Gasteiger charge is -2.19. The number of hydrazine groups is 1. The second-order valence-electron chi connectivity index (χ2n) is 8.13. The highest BCUT2D eigenvalue weighted by molar-refractivity contribution is 6.09. The predicted octanol–water partition coefficient (Wildman–Crippen LogP) is 3.83. The fourth-order valence-corrected chi connectivity index (χ4v) is 4.45. The molecular weight excluding hydrogens is 444 g/mol. The molecule has 8 heteroatoms. The zero-order valence-corrected chi connectivity index (χ0v) is 19.6. The quantitative estimate of drug-likeness (QED) is 0.465. The smallest absolute Gasteiger partial charge is 0.270 e. The van der Waals surface area contributed by atoms with E-state index in [0.29, 0.717) is 17.1 Å². The zero-order chi connectivity index (χ0) is 24.5. The minimum Gasteiger partial charge on any atom is -0.493 e. The standard InChI is InChI=1S/C27H24N4O4/c1-30-25(17-8-5-4-6-9-17)24(20-10-7-13-28-26(20)30)19-15-23(32)31(16-19)29-27(33)18-11-12-21(34-2)22(14-18)35-3/h4-15H,16H2,1-3H3,(H,29,33). The summed E-state index contributed by atoms with van der Waals surface area (Å²) in [4.78, 5) is 30.4. The molecule has 2 aromatic carbocycles. The largest absolute Gasteiger partial charge is 0.493 e. The Balaban J connectivity index is 1.47. The molecule has 2 amide bonds. The molecule has 5 rings (SSSR count). The SMILES string of the molecule is COc1ccc(C(=O)NN2CC(c3c(-c4ccccc4)n(C)c4ncccc34)=CC2=O)cc1OC. The summed E-state index contributed by atoms with van der Waals surface area (Å²) in [7, 11) is 5.00. The second-order valence-corrected chi connectivity index (χ2v) is 8.13. The molecule has 0 saturated carbocycles. The molecule has 1 N–H and O–H groups in total. The van der Waals surface area contributed by atoms with E-state index in [2.05, 4.69) is 10.4 Å². The van der Waals surface area contributed by atoms with E-state index in [-0.39, 0.29) is 12.5 Å². The minimum absolute atomic E-state index is 0.228. The first kappa shape index (κ1) is 22.2. The highest BCUT2D eigenvalue weighted by atomic mass is 16.5. The van der Waals surface area contributed by atoms with Crippen molar-refractivity contribution in [2.75, 3.05) is 20.8 Å². The maximum atomic E-state index is 12.9. The van der Waals surface area contributed by atoms with E-state index in [0.717, 1.165) is 33.4 Å². The molecular formula is C27H24N4O4. The molecule has 0 saturated heterocycles. The number of aryl methyl sites for hydroxylation is 1. The van der Waals surface area contributed by atoms with Crippen molar-refractivity contribution >= 4 is 28.4 Å². The third-order valence-electron chi connectivity index (χ3n) is 6.09. The van der Waals surface area contributed by atoms with Gasteiger partial charge in [-0.1, -0.05) is 30.3 Å². The molecule has 176 valence electrons. The van der Waals surface area contributed by atoms with Crippen molar-refractivity contribution in [2.24, 2.45) is 7.05 Å². The number of fused-ring (bicyclic) bond motifs is 1. The Hall–Kier alpha value is -4.59. The lowest BCUT2D eigenvalue weighted by Crippen LogP contribution is -2.43. The van der Waals surface area contributed by atoms with Crippen molar-refractivity contribution in [2.45, 2.75) is 0 Å². The van der Waals surface area contributed by atoms with E-state index in [1.54, 1.807) is 30.5 Å². The summed E-state index contributed by atoms with van der Waals surface area (Å²) in [6, 6.07) is 18.7. The van der Waals surface area contributed by atoms with Gasteiger partial charge in [-0.15, -0.1) is 0 Å². The molecule has 0 atom stereocenters. The summed E-state index contributed by atoms with van der Waals surface area (Å²) in [6.45, 7) is 0.228. The summed E-state index contributed by atoms with van der Waals surface area (Å²) in [5, 5.41) is 2.26. The van der Waals surface area contributed by atoms with E-state index >= 15 is 0 Å². The Labute approximate surface area is 202 Å². The van der Waals surface area contributed by atoms with Crippen LogP contribution in [0.3, 0.4) is 0 Å². The number of methoxy groups -OCH3 is 2. The number of aromatic nitrogens is 2. The lowest BCUT2D eigenvalue weighted by atomic mass is 9.99. The van der Waals surface area contributed by atoms with Crippen LogP contribution in [0.4, 0.5) is 0 Å². The van der Waals surface area contributed by atoms with E-state index in [1.165, 1.54) is 19.2 Å². The monoisotopic (exact) mass is 468 g/mol. The summed E-state index contributed by atoms with van der Waals surface area (Å²) < 4.78 is 12.6. The fraction of sp³-hybridized carbons (Fsp3) is 0.148. The van der Waals surface area contributed by atoms with Crippen molar-refractivity contribution in [1.29, 1.82) is 0 Å². The first-order chi connectivity index (χ1) is 17.0. The zero-order valence-electron chi connectivity index (χ0n) is 19.6. The fourth-order valence-electron chi connectivity index (χ4n) is 4.45. The lowest BCUT2D eigenvalue weighted by molar-refractivity contribution is -0.126. The summed E-state index contributed by atoms with van der Waals surface area (Å²) in [5.74, 6) is 0.233. The highest BCUT2D eigenvalue weighted by Gasteiger charge is 2.29. The Kier molecular flexibility index (Phi) is 5.70. The molecule has 0 unspecified atom stereocenters. The minimum atomic E-state index is -0.420. The Morgan fingerprint density at radius 3 is 2.51 bits per heavy atom. The van der Waals surface area contributed by atoms with Gasteiger partial charge in [0.1, 0.15) is 5.65 Å². The van der Waals surface area contributed by atoms with Gasteiger partial charge in [0.05, 0.1) is 26.5 Å². The first-order valence-corrected chi connectivity index (χ1v) is 11.1. The molecule has 8 nitrogen and oxygen atoms in total. The molecule has 0 fully saturated rings. The molecule has 0 aliphatic carbocycles. The van der Waals surface area contributed by atoms with Crippen molar-refractivity contribution in [3.8, 4) is 22.8 Å². The molecule has 1 aliphatic heterocycles. The number of ether oxygens (including phenoxy) is 2. The highest BCUT2D eigenvalue weighted by Crippen LogP contribution is 2.38. The Morgan fingerprint density at radius 1 is 1.00 bits per heavy atom. The van der Waals surface area contributed by atoms with Gasteiger partial charge in [-0.2, -0.15) is 0 Å². The molecule has 2 aromatic heterocycles. The van der Waals surface area contributed by atoms with Crippen LogP contribution in [0.2, 0.25) is 0 Å². The van der Waals surface area contributed by atoms with Crippen LogP contribution < -0.4 is 14.9 Å². The number of carbonyl (C=O) groups excluding carboxylic acids is 2. The van der Waals surface area contributed by atoms with Gasteiger partial charge in [-0.25, -0.2) is 9.99 Å². The third kappa shape index (κ3) is 3.89. The predicted molar refractivity (Wildman–Crippen MR) is 133 cm³/mol. The molecule has 3 heterocycles. The van der Waals surface area contributed by atoms with Crippen molar-refractivity contribution < 1.29 is 19.1 Å². The summed E-state index contributed by atoms with van der Waals surface area (Å²) in [6.07, 6.45) is 3.33. The average Bonchev–Trinajstić information content (AvgIpc) is 3.40. The number of rotatable bonds is 6. The van der Waals surface area contributed by atoms with Crippen LogP contribution in [0, 0.1) is 0 Å². The van der Waals surface area contributed by atoms with Crippen LogP contribution in [0.25, 0.3) is 27.9 Å². The van der Waals surface area contributed by atoms with Gasteiger partial charge in [-0.05, 0) is 41.5 Å². The van der Waals surface area contributed by atoms with E-state index < -0.39 is 5.91 Å². The van der Waals surface area contributed by atoms with Crippen molar-refractivity contribution in [3.63, 3.8) is 0 Å². The maximum Gasteiger partial charge on any atom is 0.270 e. The van der Waals surface area contributed by atoms with E-state index in [9.17, 15) is 9.59 Å². The van der Waals surface area contributed by atoms with Gasteiger partial charge in [0, 0.05) is 35.8 Å². The van der Waals surface area contributed by atoms with Crippen molar-refractivity contribution in [1.82, 2.24) is 20.0 Å². The van der Waals surface area contributed by atoms with Crippen molar-refractivity contribution in [3.05, 3.63) is 84.1 Å². The Bertz CT molecular complexity index is 1470. The normalized spacial score (nSPS) is 13.2. The number of carbonyl (C=O) groups is 2. The van der Waals surface area contributed by atoms with Crippen LogP contribution in [-0.2, 0) is 11.8 Å². The molecule has 35 heavy (non-hydrogen) atoms. The number of benzene rings is 2. The molecule has 0 radical (unpaired) electrons. The average molecular weight is 469 g/mol. The van der Waals surface area contributed by atoms with Crippen LogP contribution in [0.5, 0.6) is 11.5 Å². The number of nitrogens with one attached hydrogen (secondary N) is 1. The number of pyridine rings is 1. The maximum absolute atomic E-state index is 12.9. The van der Waals surface area contributed by atoms with Crippen LogP contribution in [-0.4, -0.2) is 47.1 Å². The van der Waals surface area contributed by atoms with E-state index in [1.807, 2.05) is 54.1 Å². The van der Waals surface area contributed by atoms with Gasteiger partial charge < -0.3 is 14.0 Å². The van der Waals surface area contributed by atoms with Crippen LogP contribution >= 0.6 is 0 Å². The first-order valence-electron chi connectivity index (χ1n) is 11.1. The van der Waals surface area contributed by atoms with Gasteiger partial charge in [0.15, 0.2) is 11.5 Å². The number of hydrogen-bond acceptors (Lipinski definition) is 5. The van der Waals surface area contributed by atoms with Crippen LogP contribution in [0.15, 0.2) is 72.9 Å². The third-order valence-corrected chi connectivity index (χ3v) is 6.09. The molecule has 0 bridgehead atoms. The van der Waals surface area contributed by atoms with Gasteiger partial charge in [-0.3, -0.25) is 15.0 Å². The Morgan fingerprint density at radius 2 is 1.77 bits per heavy atom.